The summed E-state index contributed by atoms with van der Waals surface area (Å²) in [5.41, 5.74) is 0.884. The number of likely N-dealkylation sites (tertiary alicyclic amines) is 1. The number of sulfonamides is 1. The number of aromatic nitrogens is 2. The van der Waals surface area contributed by atoms with E-state index in [1.165, 1.54) is 32.4 Å². The lowest BCUT2D eigenvalue weighted by Crippen LogP contribution is -2.32. The van der Waals surface area contributed by atoms with Gasteiger partial charge < -0.3 is 14.2 Å². The largest absolute Gasteiger partial charge is 0.496 e. The highest BCUT2D eigenvalue weighted by Crippen LogP contribution is 2.27. The average Bonchev–Trinajstić information content (AvgIpc) is 3.15. The Bertz CT molecular complexity index is 1300. The number of carbonyl (C=O) groups excluding carboxylic acids is 1. The van der Waals surface area contributed by atoms with E-state index in [-0.39, 0.29) is 28.8 Å². The topological polar surface area (TPSA) is 106 Å². The quantitative estimate of drug-likeness (QED) is 0.460. The summed E-state index contributed by atoms with van der Waals surface area (Å²) < 4.78 is 38.4. The van der Waals surface area contributed by atoms with Gasteiger partial charge in [-0.3, -0.25) is 4.79 Å². The second-order valence-electron chi connectivity index (χ2n) is 8.35. The van der Waals surface area contributed by atoms with Gasteiger partial charge in [-0.25, -0.2) is 8.42 Å². The van der Waals surface area contributed by atoms with Crippen molar-refractivity contribution < 1.29 is 22.5 Å². The third-order valence-electron chi connectivity index (χ3n) is 5.91. The number of nitrogens with zero attached hydrogens (tertiary/aromatic N) is 4. The van der Waals surface area contributed by atoms with Gasteiger partial charge in [0.05, 0.1) is 24.1 Å². The van der Waals surface area contributed by atoms with Crippen LogP contribution in [0, 0.1) is 0 Å². The number of halogens is 1. The van der Waals surface area contributed by atoms with E-state index in [9.17, 15) is 13.2 Å². The number of rotatable bonds is 7. The Morgan fingerprint density at radius 1 is 1.14 bits per heavy atom. The lowest BCUT2D eigenvalue weighted by molar-refractivity contribution is 0.0758. The van der Waals surface area contributed by atoms with Gasteiger partial charge in [0.1, 0.15) is 5.75 Å². The number of methoxy groups -OCH3 is 1. The van der Waals surface area contributed by atoms with Gasteiger partial charge in [0.25, 0.3) is 5.91 Å². The van der Waals surface area contributed by atoms with Crippen LogP contribution in [0.1, 0.15) is 41.9 Å². The maximum absolute atomic E-state index is 13.3. The summed E-state index contributed by atoms with van der Waals surface area (Å²) in [5.74, 6) is 0.541. The average molecular weight is 519 g/mol. The van der Waals surface area contributed by atoms with Crippen LogP contribution in [0.25, 0.3) is 11.4 Å². The molecule has 1 aliphatic heterocycles. The summed E-state index contributed by atoms with van der Waals surface area (Å²) in [6, 6.07) is 11.3. The van der Waals surface area contributed by atoms with Crippen molar-refractivity contribution in [3.63, 3.8) is 0 Å². The fraction of sp³-hybridized carbons (Fsp3) is 0.375. The summed E-state index contributed by atoms with van der Waals surface area (Å²) in [4.78, 5) is 19.3. The Labute approximate surface area is 209 Å². The normalized spacial score (nSPS) is 14.7. The molecule has 0 saturated carbocycles. The van der Waals surface area contributed by atoms with E-state index >= 15 is 0 Å². The second kappa shape index (κ2) is 10.8. The van der Waals surface area contributed by atoms with Crippen molar-refractivity contribution in [3.8, 4) is 17.1 Å². The number of carbonyl (C=O) groups is 1. The van der Waals surface area contributed by atoms with Crippen LogP contribution in [0.4, 0.5) is 0 Å². The summed E-state index contributed by atoms with van der Waals surface area (Å²) in [6.45, 7) is 1.15. The molecule has 0 bridgehead atoms. The number of hydrogen-bond donors (Lipinski definition) is 0. The standard InChI is InChI=1S/C24H27ClN4O5S/c1-28(16-22-26-23(27-34-22)17-8-7-9-18(25)14-17)35(31,32)19-10-11-21(33-2)20(15-19)24(30)29-12-5-3-4-6-13-29/h7-11,14-15H,3-6,12-13,16H2,1-2H3. The first-order valence-corrected chi connectivity index (χ1v) is 13.1. The Kier molecular flexibility index (Phi) is 7.73. The molecular weight excluding hydrogens is 492 g/mol. The van der Waals surface area contributed by atoms with Gasteiger partial charge in [0, 0.05) is 30.7 Å². The first-order chi connectivity index (χ1) is 16.8. The van der Waals surface area contributed by atoms with Gasteiger partial charge in [-0.15, -0.1) is 0 Å². The van der Waals surface area contributed by atoms with E-state index in [1.54, 1.807) is 29.2 Å². The van der Waals surface area contributed by atoms with E-state index in [0.29, 0.717) is 35.2 Å². The van der Waals surface area contributed by atoms with Crippen LogP contribution in [-0.2, 0) is 16.6 Å². The smallest absolute Gasteiger partial charge is 0.257 e. The summed E-state index contributed by atoms with van der Waals surface area (Å²) in [6.07, 6.45) is 4.01. The van der Waals surface area contributed by atoms with Crippen LogP contribution in [-0.4, -0.2) is 60.9 Å². The molecule has 3 aromatic rings. The van der Waals surface area contributed by atoms with Crippen molar-refractivity contribution in [3.05, 3.63) is 58.9 Å². The highest BCUT2D eigenvalue weighted by atomic mass is 35.5. The predicted molar refractivity (Wildman–Crippen MR) is 131 cm³/mol. The molecule has 1 aliphatic rings. The van der Waals surface area contributed by atoms with E-state index in [0.717, 1.165) is 30.0 Å². The zero-order valence-electron chi connectivity index (χ0n) is 19.6. The highest BCUT2D eigenvalue weighted by Gasteiger charge is 2.27. The zero-order chi connectivity index (χ0) is 25.0. The van der Waals surface area contributed by atoms with Crippen LogP contribution in [0.5, 0.6) is 5.75 Å². The molecule has 1 saturated heterocycles. The summed E-state index contributed by atoms with van der Waals surface area (Å²) in [5, 5.41) is 4.45. The van der Waals surface area contributed by atoms with Gasteiger partial charge in [0.2, 0.25) is 21.7 Å². The summed E-state index contributed by atoms with van der Waals surface area (Å²) in [7, 11) is -1.08. The number of hydrogen-bond acceptors (Lipinski definition) is 7. The molecule has 0 aliphatic carbocycles. The van der Waals surface area contributed by atoms with Crippen molar-refractivity contribution in [2.75, 3.05) is 27.2 Å². The number of amides is 1. The van der Waals surface area contributed by atoms with Crippen molar-refractivity contribution >= 4 is 27.5 Å². The minimum atomic E-state index is -3.96. The predicted octanol–water partition coefficient (Wildman–Crippen LogP) is 4.24. The highest BCUT2D eigenvalue weighted by molar-refractivity contribution is 7.89. The molecule has 0 N–H and O–H groups in total. The first-order valence-electron chi connectivity index (χ1n) is 11.3. The molecule has 11 heteroatoms. The third-order valence-corrected chi connectivity index (χ3v) is 7.95. The van der Waals surface area contributed by atoms with Gasteiger partial charge >= 0.3 is 0 Å². The molecule has 2 heterocycles. The van der Waals surface area contributed by atoms with Gasteiger partial charge in [0.15, 0.2) is 0 Å². The molecule has 2 aromatic carbocycles. The first kappa shape index (κ1) is 25.2. The fourth-order valence-corrected chi connectivity index (χ4v) is 5.32. The van der Waals surface area contributed by atoms with Crippen molar-refractivity contribution in [1.82, 2.24) is 19.3 Å². The molecule has 1 fully saturated rings. The van der Waals surface area contributed by atoms with E-state index in [4.69, 9.17) is 20.9 Å². The number of ether oxygens (including phenoxy) is 1. The van der Waals surface area contributed by atoms with Gasteiger partial charge in [-0.1, -0.05) is 41.7 Å². The molecule has 0 spiro atoms. The molecule has 0 atom stereocenters. The van der Waals surface area contributed by atoms with Crippen molar-refractivity contribution in [1.29, 1.82) is 0 Å². The molecule has 35 heavy (non-hydrogen) atoms. The van der Waals surface area contributed by atoms with Gasteiger partial charge in [-0.2, -0.15) is 9.29 Å². The third kappa shape index (κ3) is 5.66. The number of benzene rings is 2. The summed E-state index contributed by atoms with van der Waals surface area (Å²) >= 11 is 6.02. The minimum Gasteiger partial charge on any atom is -0.496 e. The Morgan fingerprint density at radius 3 is 2.57 bits per heavy atom. The van der Waals surface area contributed by atoms with Crippen molar-refractivity contribution in [2.24, 2.45) is 0 Å². The SMILES string of the molecule is COc1ccc(S(=O)(=O)N(C)Cc2nc(-c3cccc(Cl)c3)no2)cc1C(=O)N1CCCCCC1. The fourth-order valence-electron chi connectivity index (χ4n) is 3.98. The lowest BCUT2D eigenvalue weighted by Gasteiger charge is -2.22. The van der Waals surface area contributed by atoms with Crippen LogP contribution in [0.2, 0.25) is 5.02 Å². The monoisotopic (exact) mass is 518 g/mol. The van der Waals surface area contributed by atoms with Crippen LogP contribution in [0.15, 0.2) is 51.9 Å². The molecule has 186 valence electrons. The van der Waals surface area contributed by atoms with E-state index < -0.39 is 10.0 Å². The molecule has 4 rings (SSSR count). The zero-order valence-corrected chi connectivity index (χ0v) is 21.2. The molecule has 1 amide bonds. The van der Waals surface area contributed by atoms with Gasteiger partial charge in [-0.05, 0) is 43.2 Å². The molecular formula is C24H27ClN4O5S. The molecule has 1 aromatic heterocycles. The minimum absolute atomic E-state index is 0.0199. The van der Waals surface area contributed by atoms with Crippen LogP contribution < -0.4 is 4.74 Å². The van der Waals surface area contributed by atoms with Crippen LogP contribution in [0.3, 0.4) is 0 Å². The van der Waals surface area contributed by atoms with Crippen LogP contribution >= 0.6 is 11.6 Å². The molecule has 9 nitrogen and oxygen atoms in total. The maximum atomic E-state index is 13.3. The molecule has 0 radical (unpaired) electrons. The maximum Gasteiger partial charge on any atom is 0.257 e. The van der Waals surface area contributed by atoms with Crippen molar-refractivity contribution in [2.45, 2.75) is 37.1 Å². The lowest BCUT2D eigenvalue weighted by atomic mass is 10.1. The Hall–Kier alpha value is -2.95. The van der Waals surface area contributed by atoms with E-state index in [1.807, 2.05) is 0 Å². The van der Waals surface area contributed by atoms with E-state index in [2.05, 4.69) is 10.1 Å². The second-order valence-corrected chi connectivity index (χ2v) is 10.8. The Balaban J connectivity index is 1.56. The molecule has 0 unspecified atom stereocenters. The Morgan fingerprint density at radius 2 is 1.89 bits per heavy atom.